The number of piperazine rings is 1. The molecule has 2 heterocycles. The molecule has 1 fully saturated rings. The van der Waals surface area contributed by atoms with E-state index in [4.69, 9.17) is 4.74 Å². The molecule has 8 nitrogen and oxygen atoms in total. The Morgan fingerprint density at radius 2 is 1.97 bits per heavy atom. The van der Waals surface area contributed by atoms with Gasteiger partial charge in [-0.25, -0.2) is 18.5 Å². The molecule has 1 N–H and O–H groups in total. The highest BCUT2D eigenvalue weighted by atomic mass is 32.2. The van der Waals surface area contributed by atoms with Crippen LogP contribution in [-0.4, -0.2) is 89.2 Å². The van der Waals surface area contributed by atoms with Gasteiger partial charge in [0.1, 0.15) is 17.9 Å². The van der Waals surface area contributed by atoms with Gasteiger partial charge in [0.2, 0.25) is 0 Å². The Bertz CT molecular complexity index is 1390. The fourth-order valence-electron chi connectivity index (χ4n) is 4.98. The Balaban J connectivity index is 1.33. The van der Waals surface area contributed by atoms with E-state index in [2.05, 4.69) is 56.6 Å². The van der Waals surface area contributed by atoms with Gasteiger partial charge in [0.15, 0.2) is 0 Å². The van der Waals surface area contributed by atoms with Crippen LogP contribution in [0.5, 0.6) is 0 Å². The Kier molecular flexibility index (Phi) is 8.60. The lowest BCUT2D eigenvalue weighted by atomic mass is 10.1. The van der Waals surface area contributed by atoms with Crippen molar-refractivity contribution in [1.29, 1.82) is 0 Å². The summed E-state index contributed by atoms with van der Waals surface area (Å²) in [7, 11) is 3.17. The fourth-order valence-corrected chi connectivity index (χ4v) is 6.73. The zero-order chi connectivity index (χ0) is 27.4. The molecule has 0 bridgehead atoms. The molecular formula is C29H40N6O2S. The maximum absolute atomic E-state index is 13.8. The van der Waals surface area contributed by atoms with E-state index in [1.807, 2.05) is 49.6 Å². The summed E-state index contributed by atoms with van der Waals surface area (Å²) in [5.74, 6) is 5.78. The molecule has 2 aliphatic rings. The smallest absolute Gasteiger partial charge is 0.137 e. The van der Waals surface area contributed by atoms with Crippen LogP contribution >= 0.6 is 0 Å². The largest absolute Gasteiger partial charge is 0.496 e. The second kappa shape index (κ2) is 11.7. The molecule has 0 spiro atoms. The van der Waals surface area contributed by atoms with Crippen LogP contribution < -0.4 is 10.2 Å². The van der Waals surface area contributed by atoms with Gasteiger partial charge in [0.25, 0.3) is 0 Å². The summed E-state index contributed by atoms with van der Waals surface area (Å²) in [6.45, 7) is 12.0. The minimum atomic E-state index is -2.53. The number of benzene rings is 1. The molecule has 204 valence electrons. The first kappa shape index (κ1) is 27.9. The molecule has 1 saturated heterocycles. The second-order valence-corrected chi connectivity index (χ2v) is 12.6. The van der Waals surface area contributed by atoms with Crippen molar-refractivity contribution in [3.63, 3.8) is 0 Å². The molecule has 9 heteroatoms. The minimum absolute atomic E-state index is 0.184. The van der Waals surface area contributed by atoms with Crippen LogP contribution in [0, 0.1) is 0 Å². The van der Waals surface area contributed by atoms with Gasteiger partial charge in [-0.15, -0.1) is 0 Å². The molecule has 1 aliphatic heterocycles. The molecule has 2 atom stereocenters. The molecule has 0 saturated carbocycles. The molecule has 2 aromatic rings. The summed E-state index contributed by atoms with van der Waals surface area (Å²) >= 11 is 0. The SMILES string of the molecule is C=C(C)/C=C(\OC)C1=CC=C(S(=C)(=O)N2CCN(C[C@H](C)Nc3ncnc4c(N(C)C)cccc34)CC2)C1. The monoisotopic (exact) mass is 536 g/mol. The molecule has 1 aliphatic carbocycles. The van der Waals surface area contributed by atoms with E-state index in [1.54, 1.807) is 13.4 Å². The van der Waals surface area contributed by atoms with Crippen LogP contribution in [-0.2, 0) is 14.4 Å². The highest BCUT2D eigenvalue weighted by molar-refractivity contribution is 8.01. The third kappa shape index (κ3) is 6.11. The average Bonchev–Trinajstić information content (AvgIpc) is 3.38. The number of methoxy groups -OCH3 is 1. The number of hydrogen-bond donors (Lipinski definition) is 1. The molecule has 4 rings (SSSR count). The van der Waals surface area contributed by atoms with Crippen molar-refractivity contribution in [2.75, 3.05) is 64.1 Å². The quantitative estimate of drug-likeness (QED) is 0.279. The van der Waals surface area contributed by atoms with Gasteiger partial charge in [0, 0.05) is 69.6 Å². The van der Waals surface area contributed by atoms with E-state index in [0.717, 1.165) is 63.9 Å². The lowest BCUT2D eigenvalue weighted by Gasteiger charge is -2.37. The summed E-state index contributed by atoms with van der Waals surface area (Å²) in [6, 6.07) is 6.35. The first-order valence-electron chi connectivity index (χ1n) is 12.9. The lowest BCUT2D eigenvalue weighted by molar-refractivity contribution is 0.188. The summed E-state index contributed by atoms with van der Waals surface area (Å²) in [6.07, 6.45) is 8.05. The highest BCUT2D eigenvalue weighted by Gasteiger charge is 2.28. The maximum Gasteiger partial charge on any atom is 0.137 e. The van der Waals surface area contributed by atoms with E-state index in [-0.39, 0.29) is 6.04 Å². The topological polar surface area (TPSA) is 73.8 Å². The van der Waals surface area contributed by atoms with Gasteiger partial charge in [-0.05, 0) is 49.6 Å². The molecule has 1 aromatic heterocycles. The number of hydrogen-bond acceptors (Lipinski definition) is 7. The number of para-hydroxylation sites is 1. The van der Waals surface area contributed by atoms with Gasteiger partial charge in [-0.3, -0.25) is 4.90 Å². The first-order chi connectivity index (χ1) is 18.1. The summed E-state index contributed by atoms with van der Waals surface area (Å²) < 4.78 is 21.4. The van der Waals surface area contributed by atoms with Crippen LogP contribution in [0.25, 0.3) is 10.9 Å². The van der Waals surface area contributed by atoms with Crippen LogP contribution in [0.1, 0.15) is 20.3 Å². The number of nitrogens with one attached hydrogen (secondary N) is 1. The van der Waals surface area contributed by atoms with Crippen LogP contribution in [0.4, 0.5) is 11.5 Å². The first-order valence-corrected chi connectivity index (χ1v) is 14.6. The second-order valence-electron chi connectivity index (χ2n) is 10.3. The summed E-state index contributed by atoms with van der Waals surface area (Å²) in [5.41, 5.74) is 3.93. The summed E-state index contributed by atoms with van der Waals surface area (Å²) in [5, 5.41) is 4.60. The predicted octanol–water partition coefficient (Wildman–Crippen LogP) is 4.07. The number of fused-ring (bicyclic) bond motifs is 1. The van der Waals surface area contributed by atoms with Crippen molar-refractivity contribution in [2.24, 2.45) is 0 Å². The predicted molar refractivity (Wildman–Crippen MR) is 161 cm³/mol. The van der Waals surface area contributed by atoms with Gasteiger partial charge in [0.05, 0.1) is 28.0 Å². The standard InChI is InChI=1S/C29H40N6O2S/c1-21(2)17-27(37-6)23-11-12-24(18-23)38(7,36)35-15-13-34(14-16-35)19-22(3)32-29-25-9-8-10-26(33(4)5)28(25)30-20-31-29/h8-12,17,20,22H,1,7,13-16,18-19H2,2-6H3,(H,30,31,32)/b27-17-/t22-,38?/m0/s1. The maximum atomic E-state index is 13.8. The van der Waals surface area contributed by atoms with Crippen LogP contribution in [0.15, 0.2) is 71.1 Å². The van der Waals surface area contributed by atoms with Gasteiger partial charge < -0.3 is 15.0 Å². The average molecular weight is 537 g/mol. The Morgan fingerprint density at radius 3 is 2.63 bits per heavy atom. The van der Waals surface area contributed by atoms with E-state index in [1.165, 1.54) is 0 Å². The Labute approximate surface area is 227 Å². The Morgan fingerprint density at radius 1 is 1.24 bits per heavy atom. The lowest BCUT2D eigenvalue weighted by Crippen LogP contribution is -2.50. The van der Waals surface area contributed by atoms with E-state index in [0.29, 0.717) is 19.5 Å². The van der Waals surface area contributed by atoms with Gasteiger partial charge in [-0.2, -0.15) is 0 Å². The zero-order valence-corrected chi connectivity index (χ0v) is 24.1. The van der Waals surface area contributed by atoms with Crippen molar-refractivity contribution in [2.45, 2.75) is 26.3 Å². The number of nitrogens with zero attached hydrogens (tertiary/aromatic N) is 5. The van der Waals surface area contributed by atoms with E-state index < -0.39 is 9.71 Å². The van der Waals surface area contributed by atoms with E-state index in [9.17, 15) is 4.21 Å². The molecular weight excluding hydrogens is 496 g/mol. The minimum Gasteiger partial charge on any atom is -0.496 e. The van der Waals surface area contributed by atoms with Crippen LogP contribution in [0.3, 0.4) is 0 Å². The van der Waals surface area contributed by atoms with Crippen molar-refractivity contribution < 1.29 is 8.95 Å². The molecule has 1 unspecified atom stereocenters. The number of anilines is 2. The third-order valence-electron chi connectivity index (χ3n) is 6.95. The van der Waals surface area contributed by atoms with Crippen LogP contribution in [0.2, 0.25) is 0 Å². The molecule has 0 radical (unpaired) electrons. The van der Waals surface area contributed by atoms with Crippen molar-refractivity contribution in [3.8, 4) is 0 Å². The highest BCUT2D eigenvalue weighted by Crippen LogP contribution is 2.32. The number of allylic oxidation sites excluding steroid dienone is 6. The fraction of sp³-hybridized carbons (Fsp3) is 0.414. The summed E-state index contributed by atoms with van der Waals surface area (Å²) in [4.78, 5) is 14.4. The Hall–Kier alpha value is -3.14. The molecule has 38 heavy (non-hydrogen) atoms. The number of ether oxygens (including phenoxy) is 1. The van der Waals surface area contributed by atoms with Crippen molar-refractivity contribution in [1.82, 2.24) is 19.2 Å². The van der Waals surface area contributed by atoms with E-state index >= 15 is 0 Å². The zero-order valence-electron chi connectivity index (χ0n) is 23.2. The van der Waals surface area contributed by atoms with Gasteiger partial charge >= 0.3 is 0 Å². The number of aromatic nitrogens is 2. The van der Waals surface area contributed by atoms with Crippen molar-refractivity contribution >= 4 is 38.0 Å². The number of rotatable bonds is 10. The van der Waals surface area contributed by atoms with Crippen molar-refractivity contribution in [3.05, 3.63) is 71.1 Å². The molecule has 1 aromatic carbocycles. The third-order valence-corrected chi connectivity index (χ3v) is 9.25. The van der Waals surface area contributed by atoms with Gasteiger partial charge in [-0.1, -0.05) is 24.3 Å². The normalized spacial score (nSPS) is 19.4. The molecule has 0 amide bonds.